The van der Waals surface area contributed by atoms with Crippen LogP contribution in [-0.2, 0) is 7.05 Å². The van der Waals surface area contributed by atoms with E-state index in [2.05, 4.69) is 58.4 Å². The van der Waals surface area contributed by atoms with Crippen molar-refractivity contribution in [3.05, 3.63) is 45.7 Å². The summed E-state index contributed by atoms with van der Waals surface area (Å²) in [5.74, 6) is 0.804. The van der Waals surface area contributed by atoms with E-state index in [4.69, 9.17) is 4.74 Å². The Balaban J connectivity index is 2.56. The fraction of sp³-hybridized carbons (Fsp3) is 0.400. The van der Waals surface area contributed by atoms with Crippen molar-refractivity contribution in [1.82, 2.24) is 15.1 Å². The lowest BCUT2D eigenvalue weighted by atomic mass is 9.98. The van der Waals surface area contributed by atoms with Crippen LogP contribution >= 0.6 is 15.9 Å². The smallest absolute Gasteiger partial charge is 0.161 e. The number of benzene rings is 1. The van der Waals surface area contributed by atoms with E-state index < -0.39 is 0 Å². The Kier molecular flexibility index (Phi) is 4.83. The summed E-state index contributed by atoms with van der Waals surface area (Å²) in [5, 5.41) is 7.83. The molecule has 0 bridgehead atoms. The van der Waals surface area contributed by atoms with E-state index in [1.54, 1.807) is 13.3 Å². The van der Waals surface area contributed by atoms with Gasteiger partial charge in [0.15, 0.2) is 5.75 Å². The monoisotopic (exact) mass is 337 g/mol. The number of nitrogens with one attached hydrogen (secondary N) is 1. The molecule has 1 heterocycles. The highest BCUT2D eigenvalue weighted by molar-refractivity contribution is 9.10. The Bertz CT molecular complexity index is 595. The van der Waals surface area contributed by atoms with Gasteiger partial charge in [-0.1, -0.05) is 28.9 Å². The molecule has 0 radical (unpaired) electrons. The second-order valence-electron chi connectivity index (χ2n) is 4.71. The Morgan fingerprint density at radius 2 is 2.20 bits per heavy atom. The van der Waals surface area contributed by atoms with Gasteiger partial charge in [0.2, 0.25) is 0 Å². The summed E-state index contributed by atoms with van der Waals surface area (Å²) >= 11 is 3.55. The Morgan fingerprint density at radius 1 is 1.45 bits per heavy atom. The predicted octanol–water partition coefficient (Wildman–Crippen LogP) is 3.20. The Hall–Kier alpha value is -1.33. The molecule has 0 saturated carbocycles. The van der Waals surface area contributed by atoms with E-state index in [1.165, 1.54) is 11.1 Å². The van der Waals surface area contributed by atoms with E-state index in [0.717, 1.165) is 22.5 Å². The highest BCUT2D eigenvalue weighted by Gasteiger charge is 2.23. The number of methoxy groups -OCH3 is 1. The molecule has 4 nitrogen and oxygen atoms in total. The van der Waals surface area contributed by atoms with Gasteiger partial charge in [-0.15, -0.1) is 0 Å². The summed E-state index contributed by atoms with van der Waals surface area (Å²) in [7, 11) is 3.62. The first-order chi connectivity index (χ1) is 9.58. The maximum Gasteiger partial charge on any atom is 0.161 e. The first kappa shape index (κ1) is 15.1. The van der Waals surface area contributed by atoms with Gasteiger partial charge in [0.25, 0.3) is 0 Å². The number of rotatable bonds is 5. The van der Waals surface area contributed by atoms with Gasteiger partial charge >= 0.3 is 0 Å². The fourth-order valence-corrected chi connectivity index (χ4v) is 2.77. The van der Waals surface area contributed by atoms with Crippen molar-refractivity contribution in [2.24, 2.45) is 7.05 Å². The van der Waals surface area contributed by atoms with Crippen molar-refractivity contribution in [3.63, 3.8) is 0 Å². The fourth-order valence-electron chi connectivity index (χ4n) is 2.39. The van der Waals surface area contributed by atoms with Gasteiger partial charge < -0.3 is 10.1 Å². The third-order valence-corrected chi connectivity index (χ3v) is 3.90. The molecule has 108 valence electrons. The molecule has 0 fully saturated rings. The highest BCUT2D eigenvalue weighted by atomic mass is 79.9. The van der Waals surface area contributed by atoms with Crippen molar-refractivity contribution in [2.45, 2.75) is 19.9 Å². The molecule has 2 aromatic rings. The third kappa shape index (κ3) is 2.88. The molecule has 20 heavy (non-hydrogen) atoms. The van der Waals surface area contributed by atoms with Crippen LogP contribution in [0.15, 0.2) is 28.9 Å². The van der Waals surface area contributed by atoms with Crippen molar-refractivity contribution >= 4 is 15.9 Å². The maximum atomic E-state index is 5.45. The van der Waals surface area contributed by atoms with Crippen LogP contribution < -0.4 is 10.1 Å². The van der Waals surface area contributed by atoms with Crippen LogP contribution in [-0.4, -0.2) is 23.4 Å². The zero-order valence-corrected chi connectivity index (χ0v) is 13.9. The number of hydrogen-bond acceptors (Lipinski definition) is 3. The van der Waals surface area contributed by atoms with Gasteiger partial charge in [0.1, 0.15) is 5.69 Å². The van der Waals surface area contributed by atoms with Gasteiger partial charge in [0, 0.05) is 11.5 Å². The molecule has 2 rings (SSSR count). The first-order valence-corrected chi connectivity index (χ1v) is 7.43. The van der Waals surface area contributed by atoms with Crippen LogP contribution in [0.3, 0.4) is 0 Å². The second-order valence-corrected chi connectivity index (χ2v) is 5.63. The minimum absolute atomic E-state index is 0.0555. The topological polar surface area (TPSA) is 39.1 Å². The normalized spacial score (nSPS) is 12.4. The van der Waals surface area contributed by atoms with E-state index in [1.807, 2.05) is 11.7 Å². The molecule has 0 aliphatic heterocycles. The number of nitrogens with zero attached hydrogens (tertiary/aromatic N) is 2. The van der Waals surface area contributed by atoms with Crippen LogP contribution in [0.1, 0.15) is 29.8 Å². The van der Waals surface area contributed by atoms with Crippen LogP contribution in [0.5, 0.6) is 5.75 Å². The van der Waals surface area contributed by atoms with Crippen molar-refractivity contribution < 1.29 is 4.74 Å². The molecule has 0 aliphatic rings. The molecular formula is C15H20BrN3O. The predicted molar refractivity (Wildman–Crippen MR) is 84.2 cm³/mol. The number of aryl methyl sites for hydroxylation is 2. The number of halogens is 1. The summed E-state index contributed by atoms with van der Waals surface area (Å²) in [5.41, 5.74) is 3.50. The summed E-state index contributed by atoms with van der Waals surface area (Å²) in [6.45, 7) is 5.09. The molecular weight excluding hydrogens is 318 g/mol. The number of ether oxygens (including phenoxy) is 1. The molecule has 0 aliphatic carbocycles. The lowest BCUT2D eigenvalue weighted by molar-refractivity contribution is 0.401. The molecule has 1 atom stereocenters. The lowest BCUT2D eigenvalue weighted by Gasteiger charge is -2.22. The van der Waals surface area contributed by atoms with Crippen LogP contribution in [0.25, 0.3) is 0 Å². The summed E-state index contributed by atoms with van der Waals surface area (Å²) in [4.78, 5) is 0. The minimum Gasteiger partial charge on any atom is -0.493 e. The molecule has 1 unspecified atom stereocenters. The molecule has 5 heteroatoms. The SMILES string of the molecule is CCNC(c1cc(Br)ccc1C)c1c(OC)cnn1C. The molecule has 0 amide bonds. The van der Waals surface area contributed by atoms with E-state index in [0.29, 0.717) is 0 Å². The molecule has 1 aromatic carbocycles. The minimum atomic E-state index is 0.0555. The first-order valence-electron chi connectivity index (χ1n) is 6.63. The third-order valence-electron chi connectivity index (χ3n) is 3.40. The summed E-state index contributed by atoms with van der Waals surface area (Å²) in [6, 6.07) is 6.38. The van der Waals surface area contributed by atoms with Gasteiger partial charge in [-0.2, -0.15) is 5.10 Å². The average molecular weight is 338 g/mol. The number of aromatic nitrogens is 2. The zero-order valence-electron chi connectivity index (χ0n) is 12.3. The number of hydrogen-bond donors (Lipinski definition) is 1. The maximum absolute atomic E-state index is 5.45. The average Bonchev–Trinajstić information content (AvgIpc) is 2.80. The highest BCUT2D eigenvalue weighted by Crippen LogP contribution is 2.32. The largest absolute Gasteiger partial charge is 0.493 e. The molecule has 0 saturated heterocycles. The van der Waals surface area contributed by atoms with Gasteiger partial charge in [-0.3, -0.25) is 4.68 Å². The lowest BCUT2D eigenvalue weighted by Crippen LogP contribution is -2.25. The van der Waals surface area contributed by atoms with Gasteiger partial charge in [-0.05, 0) is 36.7 Å². The molecule has 1 N–H and O–H groups in total. The van der Waals surface area contributed by atoms with Crippen molar-refractivity contribution in [1.29, 1.82) is 0 Å². The van der Waals surface area contributed by atoms with Crippen LogP contribution in [0.4, 0.5) is 0 Å². The van der Waals surface area contributed by atoms with Crippen LogP contribution in [0, 0.1) is 6.92 Å². The van der Waals surface area contributed by atoms with Crippen LogP contribution in [0.2, 0.25) is 0 Å². The van der Waals surface area contributed by atoms with E-state index in [9.17, 15) is 0 Å². The van der Waals surface area contributed by atoms with Gasteiger partial charge in [0.05, 0.1) is 19.3 Å². The van der Waals surface area contributed by atoms with Crippen molar-refractivity contribution in [2.75, 3.05) is 13.7 Å². The summed E-state index contributed by atoms with van der Waals surface area (Å²) < 4.78 is 8.39. The second kappa shape index (κ2) is 6.41. The van der Waals surface area contributed by atoms with E-state index in [-0.39, 0.29) is 6.04 Å². The molecule has 0 spiro atoms. The Morgan fingerprint density at radius 3 is 2.85 bits per heavy atom. The van der Waals surface area contributed by atoms with Gasteiger partial charge in [-0.25, -0.2) is 0 Å². The standard InChI is InChI=1S/C15H20BrN3O/c1-5-17-14(12-8-11(16)7-6-10(12)2)15-13(20-4)9-18-19(15)3/h6-9,14,17H,5H2,1-4H3. The van der Waals surface area contributed by atoms with E-state index >= 15 is 0 Å². The molecule has 1 aromatic heterocycles. The van der Waals surface area contributed by atoms with Crippen molar-refractivity contribution in [3.8, 4) is 5.75 Å². The summed E-state index contributed by atoms with van der Waals surface area (Å²) in [6.07, 6.45) is 1.76. The zero-order chi connectivity index (χ0) is 14.7. The quantitative estimate of drug-likeness (QED) is 0.910. The Labute approximate surface area is 128 Å².